The van der Waals surface area contributed by atoms with Crippen molar-refractivity contribution in [2.24, 2.45) is 5.92 Å². The minimum absolute atomic E-state index is 0.799. The van der Waals surface area contributed by atoms with Gasteiger partial charge in [0.25, 0.3) is 0 Å². The predicted molar refractivity (Wildman–Crippen MR) is 65.2 cm³/mol. The van der Waals surface area contributed by atoms with Crippen LogP contribution in [0.25, 0.3) is 0 Å². The van der Waals surface area contributed by atoms with E-state index in [0.717, 1.165) is 35.7 Å². The summed E-state index contributed by atoms with van der Waals surface area (Å²) in [5, 5.41) is 3.37. The summed E-state index contributed by atoms with van der Waals surface area (Å²) in [7, 11) is 0. The number of halogens is 1. The molecule has 2 rings (SSSR count). The third-order valence-corrected chi connectivity index (χ3v) is 3.44. The zero-order valence-corrected chi connectivity index (χ0v) is 10.3. The molecule has 0 aromatic heterocycles. The van der Waals surface area contributed by atoms with Crippen LogP contribution in [0.5, 0.6) is 5.75 Å². The van der Waals surface area contributed by atoms with Gasteiger partial charge in [0, 0.05) is 0 Å². The van der Waals surface area contributed by atoms with Gasteiger partial charge in [0.15, 0.2) is 0 Å². The van der Waals surface area contributed by atoms with Crippen molar-refractivity contribution in [2.45, 2.75) is 12.8 Å². The first kappa shape index (κ1) is 11.0. The molecule has 1 saturated heterocycles. The SMILES string of the molecule is Brc1ccccc1OCCC1CCNC1. The van der Waals surface area contributed by atoms with Crippen molar-refractivity contribution in [1.29, 1.82) is 0 Å². The fraction of sp³-hybridized carbons (Fsp3) is 0.500. The van der Waals surface area contributed by atoms with E-state index >= 15 is 0 Å². The van der Waals surface area contributed by atoms with Crippen molar-refractivity contribution in [3.05, 3.63) is 28.7 Å². The molecule has 0 saturated carbocycles. The molecule has 1 aliphatic rings. The molecule has 1 aromatic carbocycles. The standard InChI is InChI=1S/C12H16BrNO/c13-11-3-1-2-4-12(11)15-8-6-10-5-7-14-9-10/h1-4,10,14H,5-9H2. The van der Waals surface area contributed by atoms with Crippen molar-refractivity contribution in [2.75, 3.05) is 19.7 Å². The molecule has 15 heavy (non-hydrogen) atoms. The summed E-state index contributed by atoms with van der Waals surface area (Å²) in [5.74, 6) is 1.75. The Labute approximate surface area is 99.1 Å². The Morgan fingerprint density at radius 1 is 1.40 bits per heavy atom. The molecular formula is C12H16BrNO. The fourth-order valence-corrected chi connectivity index (χ4v) is 2.26. The van der Waals surface area contributed by atoms with E-state index in [0.29, 0.717) is 0 Å². The molecular weight excluding hydrogens is 254 g/mol. The Morgan fingerprint density at radius 3 is 3.00 bits per heavy atom. The molecule has 2 nitrogen and oxygen atoms in total. The molecule has 0 aliphatic carbocycles. The van der Waals surface area contributed by atoms with Gasteiger partial charge in [-0.1, -0.05) is 12.1 Å². The second kappa shape index (κ2) is 5.52. The van der Waals surface area contributed by atoms with Crippen molar-refractivity contribution in [3.63, 3.8) is 0 Å². The summed E-state index contributed by atoms with van der Waals surface area (Å²) in [5.41, 5.74) is 0. The Bertz CT molecular complexity index is 310. The molecule has 1 heterocycles. The lowest BCUT2D eigenvalue weighted by Gasteiger charge is -2.10. The number of para-hydroxylation sites is 1. The molecule has 0 spiro atoms. The van der Waals surface area contributed by atoms with Gasteiger partial charge in [0.1, 0.15) is 5.75 Å². The van der Waals surface area contributed by atoms with Crippen LogP contribution in [0.15, 0.2) is 28.7 Å². The monoisotopic (exact) mass is 269 g/mol. The summed E-state index contributed by atoms with van der Waals surface area (Å²) in [4.78, 5) is 0. The number of hydrogen-bond donors (Lipinski definition) is 1. The van der Waals surface area contributed by atoms with Crippen molar-refractivity contribution < 1.29 is 4.74 Å². The first-order valence-corrected chi connectivity index (χ1v) is 6.23. The molecule has 3 heteroatoms. The molecule has 1 aromatic rings. The first-order chi connectivity index (χ1) is 7.36. The number of hydrogen-bond acceptors (Lipinski definition) is 2. The van der Waals surface area contributed by atoms with E-state index in [-0.39, 0.29) is 0 Å². The van der Waals surface area contributed by atoms with Crippen molar-refractivity contribution >= 4 is 15.9 Å². The van der Waals surface area contributed by atoms with Gasteiger partial charge in [-0.15, -0.1) is 0 Å². The number of benzene rings is 1. The molecule has 1 atom stereocenters. The maximum Gasteiger partial charge on any atom is 0.133 e. The lowest BCUT2D eigenvalue weighted by Crippen LogP contribution is -2.11. The van der Waals surface area contributed by atoms with Gasteiger partial charge in [0.2, 0.25) is 0 Å². The third-order valence-electron chi connectivity index (χ3n) is 2.78. The molecule has 1 fully saturated rings. The van der Waals surface area contributed by atoms with Gasteiger partial charge in [0.05, 0.1) is 11.1 Å². The van der Waals surface area contributed by atoms with E-state index in [1.165, 1.54) is 13.0 Å². The number of rotatable bonds is 4. The lowest BCUT2D eigenvalue weighted by atomic mass is 10.1. The molecule has 82 valence electrons. The van der Waals surface area contributed by atoms with E-state index in [1.807, 2.05) is 24.3 Å². The van der Waals surface area contributed by atoms with Crippen molar-refractivity contribution in [1.82, 2.24) is 5.32 Å². The summed E-state index contributed by atoms with van der Waals surface area (Å²) < 4.78 is 6.76. The summed E-state index contributed by atoms with van der Waals surface area (Å²) >= 11 is 3.47. The van der Waals surface area contributed by atoms with Crippen LogP contribution in [0.2, 0.25) is 0 Å². The van der Waals surface area contributed by atoms with E-state index < -0.39 is 0 Å². The van der Waals surface area contributed by atoms with Gasteiger partial charge in [-0.25, -0.2) is 0 Å². The summed E-state index contributed by atoms with van der Waals surface area (Å²) in [6, 6.07) is 8.00. The third kappa shape index (κ3) is 3.21. The second-order valence-corrected chi connectivity index (χ2v) is 4.78. The van der Waals surface area contributed by atoms with Crippen molar-refractivity contribution in [3.8, 4) is 5.75 Å². The maximum atomic E-state index is 5.72. The van der Waals surface area contributed by atoms with Crippen LogP contribution < -0.4 is 10.1 Å². The van der Waals surface area contributed by atoms with E-state index in [9.17, 15) is 0 Å². The molecule has 0 bridgehead atoms. The van der Waals surface area contributed by atoms with Gasteiger partial charge in [-0.3, -0.25) is 0 Å². The minimum Gasteiger partial charge on any atom is -0.492 e. The zero-order chi connectivity index (χ0) is 10.5. The minimum atomic E-state index is 0.799. The predicted octanol–water partition coefficient (Wildman–Crippen LogP) is 2.83. The summed E-state index contributed by atoms with van der Waals surface area (Å²) in [6.45, 7) is 3.13. The number of ether oxygens (including phenoxy) is 1. The maximum absolute atomic E-state index is 5.72. The van der Waals surface area contributed by atoms with E-state index in [1.54, 1.807) is 0 Å². The van der Waals surface area contributed by atoms with Gasteiger partial charge in [-0.05, 0) is 59.9 Å². The lowest BCUT2D eigenvalue weighted by molar-refractivity contribution is 0.282. The average molecular weight is 270 g/mol. The molecule has 0 radical (unpaired) electrons. The second-order valence-electron chi connectivity index (χ2n) is 3.93. The van der Waals surface area contributed by atoms with Gasteiger partial charge in [-0.2, -0.15) is 0 Å². The largest absolute Gasteiger partial charge is 0.492 e. The topological polar surface area (TPSA) is 21.3 Å². The average Bonchev–Trinajstić information content (AvgIpc) is 2.74. The van der Waals surface area contributed by atoms with Gasteiger partial charge >= 0.3 is 0 Å². The van der Waals surface area contributed by atoms with E-state index in [4.69, 9.17) is 4.74 Å². The molecule has 1 aliphatic heterocycles. The highest BCUT2D eigenvalue weighted by atomic mass is 79.9. The smallest absolute Gasteiger partial charge is 0.133 e. The van der Waals surface area contributed by atoms with Crippen LogP contribution in [0.1, 0.15) is 12.8 Å². The summed E-state index contributed by atoms with van der Waals surface area (Å²) in [6.07, 6.45) is 2.44. The Balaban J connectivity index is 1.75. The fourth-order valence-electron chi connectivity index (χ4n) is 1.86. The Kier molecular flexibility index (Phi) is 4.03. The van der Waals surface area contributed by atoms with Crippen LogP contribution >= 0.6 is 15.9 Å². The molecule has 1 unspecified atom stereocenters. The Morgan fingerprint density at radius 2 is 2.27 bits per heavy atom. The highest BCUT2D eigenvalue weighted by Gasteiger charge is 2.14. The van der Waals surface area contributed by atoms with Crippen LogP contribution in [-0.4, -0.2) is 19.7 Å². The van der Waals surface area contributed by atoms with Crippen LogP contribution in [0.3, 0.4) is 0 Å². The van der Waals surface area contributed by atoms with Crippen LogP contribution in [0, 0.1) is 5.92 Å². The van der Waals surface area contributed by atoms with Crippen LogP contribution in [0.4, 0.5) is 0 Å². The highest BCUT2D eigenvalue weighted by Crippen LogP contribution is 2.24. The number of nitrogens with one attached hydrogen (secondary N) is 1. The van der Waals surface area contributed by atoms with Crippen LogP contribution in [-0.2, 0) is 0 Å². The van der Waals surface area contributed by atoms with Gasteiger partial charge < -0.3 is 10.1 Å². The first-order valence-electron chi connectivity index (χ1n) is 5.44. The van der Waals surface area contributed by atoms with E-state index in [2.05, 4.69) is 21.2 Å². The Hall–Kier alpha value is -0.540. The quantitative estimate of drug-likeness (QED) is 0.908. The normalized spacial score (nSPS) is 20.5. The zero-order valence-electron chi connectivity index (χ0n) is 8.71. The molecule has 1 N–H and O–H groups in total. The molecule has 0 amide bonds. The highest BCUT2D eigenvalue weighted by molar-refractivity contribution is 9.10.